The molecule has 0 radical (unpaired) electrons. The van der Waals surface area contributed by atoms with Gasteiger partial charge in [-0.3, -0.25) is 0 Å². The topological polar surface area (TPSA) is 95.5 Å². The first-order chi connectivity index (χ1) is 12.2. The van der Waals surface area contributed by atoms with Crippen LogP contribution < -0.4 is 5.32 Å². The van der Waals surface area contributed by atoms with Gasteiger partial charge in [-0.2, -0.15) is 5.26 Å². The van der Waals surface area contributed by atoms with E-state index in [2.05, 4.69) is 21.5 Å². The van der Waals surface area contributed by atoms with Crippen molar-refractivity contribution in [3.63, 3.8) is 0 Å². The Kier molecular flexibility index (Phi) is 5.06. The molecular weight excluding hydrogens is 361 g/mol. The third kappa shape index (κ3) is 3.34. The Morgan fingerprint density at radius 1 is 1.58 bits per heavy atom. The van der Waals surface area contributed by atoms with E-state index in [0.29, 0.717) is 24.2 Å². The zero-order valence-corrected chi connectivity index (χ0v) is 15.6. The van der Waals surface area contributed by atoms with Crippen molar-refractivity contribution in [3.05, 3.63) is 22.5 Å². The molecule has 26 heavy (non-hydrogen) atoms. The monoisotopic (exact) mass is 381 g/mol. The summed E-state index contributed by atoms with van der Waals surface area (Å²) in [5.41, 5.74) is -0.536. The quantitative estimate of drug-likeness (QED) is 0.845. The Morgan fingerprint density at radius 3 is 2.92 bits per heavy atom. The van der Waals surface area contributed by atoms with Crippen LogP contribution in [0, 0.1) is 11.3 Å². The van der Waals surface area contributed by atoms with Crippen molar-refractivity contribution in [2.75, 3.05) is 18.5 Å². The molecule has 0 saturated carbocycles. The van der Waals surface area contributed by atoms with Crippen LogP contribution in [0.2, 0.25) is 5.02 Å². The number of aliphatic hydroxyl groups is 1. The molecule has 1 aliphatic heterocycles. The number of nitrogens with zero attached hydrogens (tertiary/aromatic N) is 4. The van der Waals surface area contributed by atoms with Gasteiger partial charge in [0.15, 0.2) is 0 Å². The predicted octanol–water partition coefficient (Wildman–Crippen LogP) is 2.67. The second-order valence-electron chi connectivity index (χ2n) is 7.03. The molecule has 0 aromatic carbocycles. The van der Waals surface area contributed by atoms with Crippen molar-refractivity contribution in [2.45, 2.75) is 50.9 Å². The lowest BCUT2D eigenvalue weighted by atomic mass is 9.90. The standard InChI is InChI=1S/C17H21ClFN5O2/c1-9(17(2,3)19)15-10(6-20)14(18)12-7-21-16(23-24(12)15)22-11-4-5-26-8-13(11)25/h7,9,11,13,25H,4-5,8H2,1-3H3,(H,22,23). The first kappa shape index (κ1) is 18.8. The fourth-order valence-electron chi connectivity index (χ4n) is 2.99. The van der Waals surface area contributed by atoms with Crippen LogP contribution in [0.15, 0.2) is 6.20 Å². The Balaban J connectivity index is 2.06. The molecule has 2 aromatic heterocycles. The zero-order valence-electron chi connectivity index (χ0n) is 14.8. The number of nitrogens with one attached hydrogen (secondary N) is 1. The number of hydrogen-bond donors (Lipinski definition) is 2. The molecule has 0 amide bonds. The van der Waals surface area contributed by atoms with Gasteiger partial charge in [0.1, 0.15) is 17.3 Å². The minimum Gasteiger partial charge on any atom is -0.389 e. The van der Waals surface area contributed by atoms with E-state index >= 15 is 0 Å². The molecule has 3 atom stereocenters. The fourth-order valence-corrected chi connectivity index (χ4v) is 3.25. The number of anilines is 1. The van der Waals surface area contributed by atoms with E-state index in [1.54, 1.807) is 6.92 Å². The van der Waals surface area contributed by atoms with Crippen molar-refractivity contribution >= 4 is 23.1 Å². The van der Waals surface area contributed by atoms with Gasteiger partial charge < -0.3 is 15.2 Å². The molecule has 1 saturated heterocycles. The van der Waals surface area contributed by atoms with E-state index in [-0.39, 0.29) is 29.2 Å². The highest BCUT2D eigenvalue weighted by Gasteiger charge is 2.33. The van der Waals surface area contributed by atoms with Gasteiger partial charge in [-0.15, -0.1) is 5.10 Å². The molecule has 0 spiro atoms. The Morgan fingerprint density at radius 2 is 2.31 bits per heavy atom. The lowest BCUT2D eigenvalue weighted by Gasteiger charge is -2.28. The lowest BCUT2D eigenvalue weighted by molar-refractivity contribution is -0.0136. The highest BCUT2D eigenvalue weighted by Crippen LogP contribution is 2.38. The summed E-state index contributed by atoms with van der Waals surface area (Å²) in [4.78, 5) is 4.22. The summed E-state index contributed by atoms with van der Waals surface area (Å²) >= 11 is 6.30. The van der Waals surface area contributed by atoms with Gasteiger partial charge in [0.05, 0.1) is 41.2 Å². The smallest absolute Gasteiger partial charge is 0.241 e. The number of hydrogen-bond acceptors (Lipinski definition) is 6. The van der Waals surface area contributed by atoms with Crippen LogP contribution in [0.25, 0.3) is 5.52 Å². The van der Waals surface area contributed by atoms with E-state index in [1.165, 1.54) is 24.6 Å². The van der Waals surface area contributed by atoms with E-state index in [1.807, 2.05) is 0 Å². The molecule has 1 fully saturated rings. The van der Waals surface area contributed by atoms with Gasteiger partial charge in [-0.1, -0.05) is 18.5 Å². The van der Waals surface area contributed by atoms with E-state index in [0.717, 1.165) is 0 Å². The first-order valence-corrected chi connectivity index (χ1v) is 8.80. The van der Waals surface area contributed by atoms with Gasteiger partial charge >= 0.3 is 0 Å². The number of fused-ring (bicyclic) bond motifs is 1. The molecule has 0 bridgehead atoms. The van der Waals surface area contributed by atoms with Gasteiger partial charge in [-0.25, -0.2) is 13.9 Å². The van der Waals surface area contributed by atoms with Crippen LogP contribution in [0.1, 0.15) is 44.4 Å². The zero-order chi connectivity index (χ0) is 19.1. The summed E-state index contributed by atoms with van der Waals surface area (Å²) in [6.45, 7) is 5.36. The van der Waals surface area contributed by atoms with Crippen molar-refractivity contribution in [1.82, 2.24) is 14.6 Å². The molecule has 9 heteroatoms. The number of alkyl halides is 1. The van der Waals surface area contributed by atoms with Crippen LogP contribution >= 0.6 is 11.6 Å². The summed E-state index contributed by atoms with van der Waals surface area (Å²) in [5.74, 6) is -0.349. The minimum atomic E-state index is -1.57. The van der Waals surface area contributed by atoms with E-state index < -0.39 is 17.7 Å². The van der Waals surface area contributed by atoms with Crippen LogP contribution in [0.5, 0.6) is 0 Å². The average molecular weight is 382 g/mol. The lowest BCUT2D eigenvalue weighted by Crippen LogP contribution is -2.42. The summed E-state index contributed by atoms with van der Waals surface area (Å²) in [5, 5.41) is 27.2. The molecule has 3 rings (SSSR count). The van der Waals surface area contributed by atoms with Gasteiger partial charge in [0.2, 0.25) is 5.95 Å². The number of aromatic nitrogens is 3. The number of rotatable bonds is 4. The largest absolute Gasteiger partial charge is 0.389 e. The second-order valence-corrected chi connectivity index (χ2v) is 7.41. The molecule has 7 nitrogen and oxygen atoms in total. The Hall–Kier alpha value is -1.95. The Labute approximate surface area is 155 Å². The molecule has 1 aliphatic rings. The Bertz CT molecular complexity index is 857. The van der Waals surface area contributed by atoms with Crippen LogP contribution in [-0.4, -0.2) is 50.7 Å². The third-order valence-electron chi connectivity index (χ3n) is 4.85. The van der Waals surface area contributed by atoms with Gasteiger partial charge in [-0.05, 0) is 20.3 Å². The maximum absolute atomic E-state index is 14.6. The van der Waals surface area contributed by atoms with Crippen molar-refractivity contribution in [3.8, 4) is 6.07 Å². The normalized spacial score (nSPS) is 22.2. The molecule has 3 heterocycles. The predicted molar refractivity (Wildman–Crippen MR) is 95.2 cm³/mol. The molecule has 140 valence electrons. The summed E-state index contributed by atoms with van der Waals surface area (Å²) < 4.78 is 21.3. The average Bonchev–Trinajstić information content (AvgIpc) is 2.87. The van der Waals surface area contributed by atoms with Gasteiger partial charge in [0, 0.05) is 12.5 Å². The molecule has 2 N–H and O–H groups in total. The van der Waals surface area contributed by atoms with Crippen LogP contribution in [0.3, 0.4) is 0 Å². The highest BCUT2D eigenvalue weighted by atomic mass is 35.5. The minimum absolute atomic E-state index is 0.197. The fraction of sp³-hybridized carbons (Fsp3) is 0.588. The van der Waals surface area contributed by atoms with Crippen LogP contribution in [0.4, 0.5) is 10.3 Å². The molecule has 2 aromatic rings. The van der Waals surface area contributed by atoms with Crippen molar-refractivity contribution in [1.29, 1.82) is 5.26 Å². The summed E-state index contributed by atoms with van der Waals surface area (Å²) in [7, 11) is 0. The number of halogens is 2. The van der Waals surface area contributed by atoms with Crippen molar-refractivity contribution < 1.29 is 14.2 Å². The number of nitriles is 1. The summed E-state index contributed by atoms with van der Waals surface area (Å²) in [6.07, 6.45) is 1.43. The first-order valence-electron chi connectivity index (χ1n) is 8.42. The highest BCUT2D eigenvalue weighted by molar-refractivity contribution is 6.35. The number of aliphatic hydroxyl groups excluding tert-OH is 1. The van der Waals surface area contributed by atoms with Crippen LogP contribution in [-0.2, 0) is 4.74 Å². The molecule has 0 aliphatic carbocycles. The number of ether oxygens (including phenoxy) is 1. The molecule has 3 unspecified atom stereocenters. The second kappa shape index (κ2) is 6.99. The van der Waals surface area contributed by atoms with E-state index in [4.69, 9.17) is 16.3 Å². The maximum atomic E-state index is 14.6. The summed E-state index contributed by atoms with van der Waals surface area (Å²) in [6, 6.07) is 1.80. The van der Waals surface area contributed by atoms with E-state index in [9.17, 15) is 14.8 Å². The third-order valence-corrected chi connectivity index (χ3v) is 5.24. The SMILES string of the molecule is CC(c1c(C#N)c(Cl)c2cnc(NC3CCOCC3O)nn12)C(C)(C)F. The molecular formula is C17H21ClFN5O2. The van der Waals surface area contributed by atoms with Crippen molar-refractivity contribution in [2.24, 2.45) is 0 Å². The maximum Gasteiger partial charge on any atom is 0.241 e. The van der Waals surface area contributed by atoms with Gasteiger partial charge in [0.25, 0.3) is 0 Å².